The summed E-state index contributed by atoms with van der Waals surface area (Å²) in [5.41, 5.74) is 1.54. The molecule has 2 rings (SSSR count). The van der Waals surface area contributed by atoms with E-state index in [-0.39, 0.29) is 5.78 Å². The van der Waals surface area contributed by atoms with Crippen molar-refractivity contribution < 1.29 is 4.79 Å². The number of aromatic nitrogens is 2. The van der Waals surface area contributed by atoms with Crippen LogP contribution < -0.4 is 0 Å². The number of benzene rings is 1. The van der Waals surface area contributed by atoms with Crippen molar-refractivity contribution in [3.05, 3.63) is 49.8 Å². The Kier molecular flexibility index (Phi) is 3.98. The van der Waals surface area contributed by atoms with Crippen LogP contribution >= 0.6 is 38.5 Å². The van der Waals surface area contributed by atoms with Gasteiger partial charge in [0.15, 0.2) is 5.78 Å². The summed E-state index contributed by atoms with van der Waals surface area (Å²) in [7, 11) is 1.84. The smallest absolute Gasteiger partial charge is 0.169 e. The van der Waals surface area contributed by atoms with E-state index in [1.165, 1.54) is 0 Å². The van der Waals surface area contributed by atoms with Crippen LogP contribution in [0.5, 0.6) is 0 Å². The SMILES string of the molecule is Cn1ccc(CC(=O)c2cc(Br)ccc2I)n1. The van der Waals surface area contributed by atoms with Crippen LogP contribution in [-0.2, 0) is 13.5 Å². The molecule has 1 aromatic carbocycles. The van der Waals surface area contributed by atoms with E-state index in [2.05, 4.69) is 43.6 Å². The van der Waals surface area contributed by atoms with Gasteiger partial charge in [-0.05, 0) is 46.9 Å². The quantitative estimate of drug-likeness (QED) is 0.581. The molecule has 0 aliphatic heterocycles. The van der Waals surface area contributed by atoms with E-state index in [0.717, 1.165) is 19.3 Å². The molecule has 88 valence electrons. The highest BCUT2D eigenvalue weighted by Gasteiger charge is 2.12. The normalized spacial score (nSPS) is 10.5. The summed E-state index contributed by atoms with van der Waals surface area (Å²) >= 11 is 5.55. The van der Waals surface area contributed by atoms with Crippen molar-refractivity contribution in [3.8, 4) is 0 Å². The zero-order valence-electron chi connectivity index (χ0n) is 9.15. The number of carbonyl (C=O) groups is 1. The van der Waals surface area contributed by atoms with E-state index >= 15 is 0 Å². The lowest BCUT2D eigenvalue weighted by atomic mass is 10.1. The number of hydrogen-bond donors (Lipinski definition) is 0. The third-order valence-corrected chi connectivity index (χ3v) is 3.77. The minimum atomic E-state index is 0.0920. The molecule has 0 aliphatic carbocycles. The van der Waals surface area contributed by atoms with Gasteiger partial charge in [-0.3, -0.25) is 9.48 Å². The molecule has 3 nitrogen and oxygen atoms in total. The van der Waals surface area contributed by atoms with E-state index in [4.69, 9.17) is 0 Å². The average Bonchev–Trinajstić information content (AvgIpc) is 2.67. The molecule has 0 N–H and O–H groups in total. The van der Waals surface area contributed by atoms with E-state index in [9.17, 15) is 4.79 Å². The lowest BCUT2D eigenvalue weighted by Gasteiger charge is -2.03. The summed E-state index contributed by atoms with van der Waals surface area (Å²) in [5, 5.41) is 4.21. The lowest BCUT2D eigenvalue weighted by molar-refractivity contribution is 0.0991. The third-order valence-electron chi connectivity index (χ3n) is 2.34. The maximum absolute atomic E-state index is 12.1. The Bertz CT molecular complexity index is 565. The first-order valence-electron chi connectivity index (χ1n) is 5.03. The maximum atomic E-state index is 12.1. The van der Waals surface area contributed by atoms with Crippen molar-refractivity contribution in [2.45, 2.75) is 6.42 Å². The minimum absolute atomic E-state index is 0.0920. The number of halogens is 2. The molecule has 5 heteroatoms. The van der Waals surface area contributed by atoms with Gasteiger partial charge in [0, 0.05) is 26.9 Å². The predicted octanol–water partition coefficient (Wildman–Crippen LogP) is 3.21. The first-order chi connectivity index (χ1) is 8.06. The third kappa shape index (κ3) is 3.16. The van der Waals surface area contributed by atoms with Gasteiger partial charge in [-0.2, -0.15) is 5.10 Å². The number of hydrogen-bond acceptors (Lipinski definition) is 2. The van der Waals surface area contributed by atoms with Crippen LogP contribution in [0.25, 0.3) is 0 Å². The molecule has 0 bridgehead atoms. The maximum Gasteiger partial charge on any atom is 0.169 e. The van der Waals surface area contributed by atoms with Crippen molar-refractivity contribution in [3.63, 3.8) is 0 Å². The zero-order chi connectivity index (χ0) is 12.4. The molecule has 0 fully saturated rings. The molecule has 17 heavy (non-hydrogen) atoms. The summed E-state index contributed by atoms with van der Waals surface area (Å²) in [4.78, 5) is 12.1. The van der Waals surface area contributed by atoms with Crippen molar-refractivity contribution in [2.24, 2.45) is 7.05 Å². The van der Waals surface area contributed by atoms with Crippen molar-refractivity contribution in [1.29, 1.82) is 0 Å². The second kappa shape index (κ2) is 5.30. The van der Waals surface area contributed by atoms with Gasteiger partial charge in [0.1, 0.15) is 0 Å². The van der Waals surface area contributed by atoms with E-state index in [0.29, 0.717) is 6.42 Å². The van der Waals surface area contributed by atoms with E-state index in [1.54, 1.807) is 4.68 Å². The highest BCUT2D eigenvalue weighted by Crippen LogP contribution is 2.19. The molecule has 0 atom stereocenters. The second-order valence-electron chi connectivity index (χ2n) is 3.70. The minimum Gasteiger partial charge on any atom is -0.294 e. The molecule has 0 unspecified atom stereocenters. The molecular formula is C12H10BrIN2O. The summed E-state index contributed by atoms with van der Waals surface area (Å²) in [5.74, 6) is 0.0920. The standard InChI is InChI=1S/C12H10BrIN2O/c1-16-5-4-9(15-16)7-12(17)10-6-8(13)2-3-11(10)14/h2-6H,7H2,1H3. The highest BCUT2D eigenvalue weighted by atomic mass is 127. The van der Waals surface area contributed by atoms with Gasteiger partial charge in [0.2, 0.25) is 0 Å². The van der Waals surface area contributed by atoms with E-state index in [1.807, 2.05) is 37.5 Å². The Morgan fingerprint density at radius 1 is 1.47 bits per heavy atom. The van der Waals surface area contributed by atoms with Gasteiger partial charge >= 0.3 is 0 Å². The van der Waals surface area contributed by atoms with Crippen molar-refractivity contribution >= 4 is 44.3 Å². The fourth-order valence-electron chi connectivity index (χ4n) is 1.53. The molecule has 0 saturated heterocycles. The number of ketones is 1. The van der Waals surface area contributed by atoms with Gasteiger partial charge in [0.25, 0.3) is 0 Å². The van der Waals surface area contributed by atoms with Crippen LogP contribution in [-0.4, -0.2) is 15.6 Å². The van der Waals surface area contributed by atoms with Crippen molar-refractivity contribution in [1.82, 2.24) is 9.78 Å². The fourth-order valence-corrected chi connectivity index (χ4v) is 2.53. The Morgan fingerprint density at radius 2 is 2.24 bits per heavy atom. The molecule has 2 aromatic rings. The molecule has 1 aromatic heterocycles. The monoisotopic (exact) mass is 404 g/mol. The number of rotatable bonds is 3. The van der Waals surface area contributed by atoms with Crippen LogP contribution in [0, 0.1) is 3.57 Å². The van der Waals surface area contributed by atoms with Gasteiger partial charge in [-0.1, -0.05) is 15.9 Å². The number of aryl methyl sites for hydroxylation is 1. The second-order valence-corrected chi connectivity index (χ2v) is 5.78. The van der Waals surface area contributed by atoms with Crippen LogP contribution in [0.3, 0.4) is 0 Å². The topological polar surface area (TPSA) is 34.9 Å². The van der Waals surface area contributed by atoms with Gasteiger partial charge in [0.05, 0.1) is 12.1 Å². The molecule has 0 aliphatic rings. The van der Waals surface area contributed by atoms with Crippen molar-refractivity contribution in [2.75, 3.05) is 0 Å². The van der Waals surface area contributed by atoms with Gasteiger partial charge < -0.3 is 0 Å². The van der Waals surface area contributed by atoms with E-state index < -0.39 is 0 Å². The Hall–Kier alpha value is -0.690. The average molecular weight is 405 g/mol. The first kappa shape index (κ1) is 12.8. The lowest BCUT2D eigenvalue weighted by Crippen LogP contribution is -2.06. The fraction of sp³-hybridized carbons (Fsp3) is 0.167. The molecule has 0 amide bonds. The van der Waals surface area contributed by atoms with Crippen LogP contribution in [0.2, 0.25) is 0 Å². The summed E-state index contributed by atoms with van der Waals surface area (Å²) in [6.07, 6.45) is 2.18. The Morgan fingerprint density at radius 3 is 2.88 bits per heavy atom. The number of nitrogens with zero attached hydrogens (tertiary/aromatic N) is 2. The number of carbonyl (C=O) groups excluding carboxylic acids is 1. The highest BCUT2D eigenvalue weighted by molar-refractivity contribution is 14.1. The van der Waals surface area contributed by atoms with Gasteiger partial charge in [-0.15, -0.1) is 0 Å². The Balaban J connectivity index is 2.22. The molecule has 1 heterocycles. The molecule has 0 saturated carbocycles. The summed E-state index contributed by atoms with van der Waals surface area (Å²) < 4.78 is 3.59. The van der Waals surface area contributed by atoms with Crippen LogP contribution in [0.4, 0.5) is 0 Å². The summed E-state index contributed by atoms with van der Waals surface area (Å²) in [6, 6.07) is 7.57. The molecule has 0 spiro atoms. The summed E-state index contributed by atoms with van der Waals surface area (Å²) in [6.45, 7) is 0. The first-order valence-corrected chi connectivity index (χ1v) is 6.90. The predicted molar refractivity (Wildman–Crippen MR) is 78.1 cm³/mol. The molecule has 0 radical (unpaired) electrons. The zero-order valence-corrected chi connectivity index (χ0v) is 12.9. The molecular weight excluding hydrogens is 395 g/mol. The van der Waals surface area contributed by atoms with Crippen LogP contribution in [0.1, 0.15) is 16.1 Å². The number of Topliss-reactive ketones (excluding diaryl/α,β-unsaturated/α-hetero) is 1. The Labute approximate surface area is 121 Å². The largest absolute Gasteiger partial charge is 0.294 e. The van der Waals surface area contributed by atoms with Gasteiger partial charge in [-0.25, -0.2) is 0 Å². The van der Waals surface area contributed by atoms with Crippen LogP contribution in [0.15, 0.2) is 34.9 Å².